The van der Waals surface area contributed by atoms with Gasteiger partial charge in [0.05, 0.1) is 36.3 Å². The van der Waals surface area contributed by atoms with Gasteiger partial charge in [-0.3, -0.25) is 14.2 Å². The summed E-state index contributed by atoms with van der Waals surface area (Å²) in [7, 11) is 0. The number of para-hydroxylation sites is 2. The molecule has 4 aromatic rings. The lowest BCUT2D eigenvalue weighted by Gasteiger charge is -2.34. The summed E-state index contributed by atoms with van der Waals surface area (Å²) in [6.45, 7) is 7.77. The highest BCUT2D eigenvalue weighted by Gasteiger charge is 2.31. The number of hydrogen-bond acceptors (Lipinski definition) is 6. The van der Waals surface area contributed by atoms with E-state index in [0.29, 0.717) is 29.1 Å². The highest BCUT2D eigenvalue weighted by molar-refractivity contribution is 5.90. The highest BCUT2D eigenvalue weighted by atomic mass is 16.5. The second-order valence-electron chi connectivity index (χ2n) is 9.24. The summed E-state index contributed by atoms with van der Waals surface area (Å²) in [5.74, 6) is 0.174. The Balaban J connectivity index is 1.77. The molecular weight excluding hydrogens is 508 g/mol. The lowest BCUT2D eigenvalue weighted by Crippen LogP contribution is -2.42. The summed E-state index contributed by atoms with van der Waals surface area (Å²) in [5.41, 5.74) is 2.21. The number of rotatable bonds is 10. The van der Waals surface area contributed by atoms with Crippen LogP contribution in [0.5, 0.6) is 5.75 Å². The van der Waals surface area contributed by atoms with Gasteiger partial charge in [0.2, 0.25) is 0 Å². The molecule has 1 N–H and O–H groups in total. The molecule has 208 valence electrons. The Hall–Kier alpha value is -4.66. The predicted molar refractivity (Wildman–Crippen MR) is 154 cm³/mol. The van der Waals surface area contributed by atoms with Gasteiger partial charge in [0, 0.05) is 5.69 Å². The number of nitrogens with one attached hydrogen (secondary N) is 1. The first-order chi connectivity index (χ1) is 19.3. The first kappa shape index (κ1) is 28.4. The fraction of sp³-hybridized carbons (Fsp3) is 0.290. The third-order valence-electron chi connectivity index (χ3n) is 6.63. The van der Waals surface area contributed by atoms with Crippen molar-refractivity contribution in [3.63, 3.8) is 0 Å². The SMILES string of the molecule is CCOC(=O)Cn1c(=O)c(C(C)N(C(=O)Nc2ccc(OCC)cc2)C(C)c2ccccc2)nc2ccccc21. The fourth-order valence-electron chi connectivity index (χ4n) is 4.68. The van der Waals surface area contributed by atoms with Crippen LogP contribution in [0, 0.1) is 0 Å². The van der Waals surface area contributed by atoms with E-state index in [-0.39, 0.29) is 18.8 Å². The summed E-state index contributed by atoms with van der Waals surface area (Å²) >= 11 is 0. The number of amides is 2. The van der Waals surface area contributed by atoms with Crippen LogP contribution < -0.4 is 15.6 Å². The Kier molecular flexibility index (Phi) is 9.16. The van der Waals surface area contributed by atoms with Gasteiger partial charge in [0.25, 0.3) is 5.56 Å². The minimum Gasteiger partial charge on any atom is -0.494 e. The molecule has 0 radical (unpaired) electrons. The molecule has 0 saturated heterocycles. The Morgan fingerprint density at radius 3 is 2.25 bits per heavy atom. The van der Waals surface area contributed by atoms with E-state index in [0.717, 1.165) is 5.56 Å². The van der Waals surface area contributed by atoms with E-state index in [9.17, 15) is 14.4 Å². The highest BCUT2D eigenvalue weighted by Crippen LogP contribution is 2.30. The standard InChI is InChI=1S/C31H34N4O5/c1-5-39-25-18-16-24(17-19-25)32-31(38)35(21(3)23-12-8-7-9-13-23)22(4)29-30(37)34(20-28(36)40-6-2)27-15-11-10-14-26(27)33-29/h7-19,21-22H,5-6,20H2,1-4H3,(H,32,38). The number of fused-ring (bicyclic) bond motifs is 1. The van der Waals surface area contributed by atoms with Gasteiger partial charge in [0.15, 0.2) is 0 Å². The third-order valence-corrected chi connectivity index (χ3v) is 6.63. The molecule has 40 heavy (non-hydrogen) atoms. The monoisotopic (exact) mass is 542 g/mol. The summed E-state index contributed by atoms with van der Waals surface area (Å²) in [4.78, 5) is 46.4. The molecule has 0 aliphatic heterocycles. The van der Waals surface area contributed by atoms with E-state index in [1.165, 1.54) is 4.57 Å². The van der Waals surface area contributed by atoms with Gasteiger partial charge in [-0.25, -0.2) is 9.78 Å². The molecule has 2 unspecified atom stereocenters. The van der Waals surface area contributed by atoms with Crippen molar-refractivity contribution in [1.29, 1.82) is 0 Å². The van der Waals surface area contributed by atoms with Gasteiger partial charge in [-0.05, 0) is 69.7 Å². The molecule has 2 amide bonds. The molecule has 1 heterocycles. The van der Waals surface area contributed by atoms with Gasteiger partial charge in [0.1, 0.15) is 18.0 Å². The maximum absolute atomic E-state index is 13.8. The van der Waals surface area contributed by atoms with Gasteiger partial charge in [-0.2, -0.15) is 0 Å². The van der Waals surface area contributed by atoms with Gasteiger partial charge in [-0.1, -0.05) is 42.5 Å². The Morgan fingerprint density at radius 1 is 0.900 bits per heavy atom. The van der Waals surface area contributed by atoms with E-state index in [4.69, 9.17) is 9.47 Å². The average Bonchev–Trinajstić information content (AvgIpc) is 2.96. The molecule has 0 saturated carbocycles. The number of urea groups is 1. The van der Waals surface area contributed by atoms with Crippen LogP contribution in [-0.4, -0.2) is 39.7 Å². The van der Waals surface area contributed by atoms with Crippen LogP contribution in [0.4, 0.5) is 10.5 Å². The van der Waals surface area contributed by atoms with E-state index in [2.05, 4.69) is 10.3 Å². The van der Waals surface area contributed by atoms with Crippen LogP contribution in [0.15, 0.2) is 83.7 Å². The smallest absolute Gasteiger partial charge is 0.326 e. The molecule has 9 nitrogen and oxygen atoms in total. The number of hydrogen-bond donors (Lipinski definition) is 1. The van der Waals surface area contributed by atoms with Gasteiger partial charge < -0.3 is 19.7 Å². The van der Waals surface area contributed by atoms with Crippen molar-refractivity contribution in [2.75, 3.05) is 18.5 Å². The lowest BCUT2D eigenvalue weighted by molar-refractivity contribution is -0.143. The topological polar surface area (TPSA) is 103 Å². The Bertz CT molecular complexity index is 1520. The normalized spacial score (nSPS) is 12.4. The van der Waals surface area contributed by atoms with Crippen molar-refractivity contribution >= 4 is 28.7 Å². The van der Waals surface area contributed by atoms with Crippen molar-refractivity contribution in [1.82, 2.24) is 14.5 Å². The number of benzene rings is 3. The molecule has 0 fully saturated rings. The summed E-state index contributed by atoms with van der Waals surface area (Å²) in [6, 6.07) is 22.2. The summed E-state index contributed by atoms with van der Waals surface area (Å²) < 4.78 is 12.0. The summed E-state index contributed by atoms with van der Waals surface area (Å²) in [6.07, 6.45) is 0. The molecule has 4 rings (SSSR count). The van der Waals surface area contributed by atoms with Crippen LogP contribution >= 0.6 is 0 Å². The van der Waals surface area contributed by atoms with E-state index >= 15 is 0 Å². The largest absolute Gasteiger partial charge is 0.494 e. The number of carbonyl (C=O) groups is 2. The zero-order valence-corrected chi connectivity index (χ0v) is 23.2. The van der Waals surface area contributed by atoms with Crippen molar-refractivity contribution in [3.05, 3.63) is 100 Å². The number of carbonyl (C=O) groups excluding carboxylic acids is 2. The molecule has 3 aromatic carbocycles. The van der Waals surface area contributed by atoms with Crippen molar-refractivity contribution in [3.8, 4) is 5.75 Å². The number of nitrogens with zero attached hydrogens (tertiary/aromatic N) is 3. The second-order valence-corrected chi connectivity index (χ2v) is 9.24. The van der Waals surface area contributed by atoms with Crippen LogP contribution in [0.3, 0.4) is 0 Å². The molecule has 0 aliphatic carbocycles. The maximum Gasteiger partial charge on any atom is 0.326 e. The van der Waals surface area contributed by atoms with Gasteiger partial charge >= 0.3 is 12.0 Å². The second kappa shape index (κ2) is 12.9. The first-order valence-corrected chi connectivity index (χ1v) is 13.4. The molecule has 2 atom stereocenters. The van der Waals surface area contributed by atoms with E-state index in [1.54, 1.807) is 61.2 Å². The van der Waals surface area contributed by atoms with E-state index < -0.39 is 29.6 Å². The zero-order valence-electron chi connectivity index (χ0n) is 23.2. The minimum absolute atomic E-state index is 0.146. The maximum atomic E-state index is 13.8. The van der Waals surface area contributed by atoms with Gasteiger partial charge in [-0.15, -0.1) is 0 Å². The van der Waals surface area contributed by atoms with E-state index in [1.807, 2.05) is 50.2 Å². The first-order valence-electron chi connectivity index (χ1n) is 13.4. The van der Waals surface area contributed by atoms with Crippen LogP contribution in [-0.2, 0) is 16.1 Å². The Labute approximate surface area is 233 Å². The molecule has 9 heteroatoms. The van der Waals surface area contributed by atoms with Crippen LogP contribution in [0.25, 0.3) is 11.0 Å². The molecule has 0 spiro atoms. The number of aromatic nitrogens is 2. The van der Waals surface area contributed by atoms with Crippen molar-refractivity contribution < 1.29 is 19.1 Å². The molecule has 1 aromatic heterocycles. The van der Waals surface area contributed by atoms with Crippen LogP contribution in [0.1, 0.15) is 51.0 Å². The third kappa shape index (κ3) is 6.31. The lowest BCUT2D eigenvalue weighted by atomic mass is 10.0. The average molecular weight is 543 g/mol. The fourth-order valence-corrected chi connectivity index (χ4v) is 4.68. The molecule has 0 bridgehead atoms. The molecule has 0 aliphatic rings. The predicted octanol–water partition coefficient (Wildman–Crippen LogP) is 5.71. The number of ether oxygens (including phenoxy) is 2. The van der Waals surface area contributed by atoms with Crippen molar-refractivity contribution in [2.45, 2.75) is 46.3 Å². The number of anilines is 1. The van der Waals surface area contributed by atoms with Crippen LogP contribution in [0.2, 0.25) is 0 Å². The number of esters is 1. The minimum atomic E-state index is -0.747. The zero-order chi connectivity index (χ0) is 28.6. The quantitative estimate of drug-likeness (QED) is 0.257. The Morgan fingerprint density at radius 2 is 1.57 bits per heavy atom. The molecular formula is C31H34N4O5. The summed E-state index contributed by atoms with van der Waals surface area (Å²) in [5, 5.41) is 2.95. The van der Waals surface area contributed by atoms with Crippen molar-refractivity contribution in [2.24, 2.45) is 0 Å².